The van der Waals surface area contributed by atoms with E-state index in [9.17, 15) is 4.57 Å². The fourth-order valence-corrected chi connectivity index (χ4v) is 1.23. The molecule has 1 saturated carbocycles. The van der Waals surface area contributed by atoms with Gasteiger partial charge in [-0.05, 0) is 12.8 Å². The molecule has 0 saturated heterocycles. The molecule has 0 radical (unpaired) electrons. The van der Waals surface area contributed by atoms with Crippen LogP contribution < -0.4 is 0 Å². The summed E-state index contributed by atoms with van der Waals surface area (Å²) in [7, 11) is -3.63. The summed E-state index contributed by atoms with van der Waals surface area (Å²) >= 11 is 0. The van der Waals surface area contributed by atoms with Crippen molar-refractivity contribution in [2.45, 2.75) is 45.2 Å². The van der Waals surface area contributed by atoms with E-state index in [4.69, 9.17) is 9.79 Å². The fraction of sp³-hybridized carbons (Fsp3) is 1.00. The molecule has 1 fully saturated rings. The molecule has 1 aliphatic rings. The minimum absolute atomic E-state index is 0.285. The van der Waals surface area contributed by atoms with Gasteiger partial charge in [0, 0.05) is 0 Å². The first-order valence-electron chi connectivity index (χ1n) is 4.07. The molecule has 0 amide bonds. The topological polar surface area (TPSA) is 57.5 Å². The Balaban J connectivity index is 0.000000218. The first-order chi connectivity index (χ1) is 5.02. The molecule has 0 bridgehead atoms. The number of hydrogen-bond donors (Lipinski definition) is 2. The van der Waals surface area contributed by atoms with Crippen molar-refractivity contribution in [2.75, 3.05) is 0 Å². The maximum absolute atomic E-state index is 10.1. The Morgan fingerprint density at radius 2 is 1.64 bits per heavy atom. The van der Waals surface area contributed by atoms with Gasteiger partial charge in [-0.15, -0.1) is 0 Å². The Labute approximate surface area is 68.0 Å². The van der Waals surface area contributed by atoms with Crippen molar-refractivity contribution in [3.8, 4) is 0 Å². The third-order valence-electron chi connectivity index (χ3n) is 1.52. The molecule has 1 rings (SSSR count). The molecule has 1 aliphatic carbocycles. The summed E-state index contributed by atoms with van der Waals surface area (Å²) in [5, 5.41) is 0. The minimum atomic E-state index is -3.63. The van der Waals surface area contributed by atoms with Crippen LogP contribution in [0.5, 0.6) is 0 Å². The molecule has 0 aromatic rings. The molecule has 0 spiro atoms. The fourth-order valence-electron chi connectivity index (χ4n) is 0.411. The zero-order valence-corrected chi connectivity index (χ0v) is 8.05. The van der Waals surface area contributed by atoms with Gasteiger partial charge in [-0.25, -0.2) is 0 Å². The van der Waals surface area contributed by atoms with Crippen molar-refractivity contribution < 1.29 is 14.4 Å². The van der Waals surface area contributed by atoms with Crippen molar-refractivity contribution in [1.29, 1.82) is 0 Å². The SMILES string of the molecule is CCCC.O=P(O)(O)C1CC1. The van der Waals surface area contributed by atoms with Crippen LogP contribution >= 0.6 is 7.60 Å². The van der Waals surface area contributed by atoms with Crippen LogP contribution in [-0.2, 0) is 4.57 Å². The van der Waals surface area contributed by atoms with Gasteiger partial charge in [0.1, 0.15) is 0 Å². The maximum atomic E-state index is 10.1. The predicted molar refractivity (Wildman–Crippen MR) is 45.6 cm³/mol. The molecule has 0 aliphatic heterocycles. The van der Waals surface area contributed by atoms with Crippen molar-refractivity contribution in [2.24, 2.45) is 0 Å². The second-order valence-electron chi connectivity index (χ2n) is 2.82. The largest absolute Gasteiger partial charge is 0.328 e. The number of hydrogen-bond acceptors (Lipinski definition) is 1. The highest BCUT2D eigenvalue weighted by molar-refractivity contribution is 7.52. The van der Waals surface area contributed by atoms with E-state index >= 15 is 0 Å². The molecule has 3 nitrogen and oxygen atoms in total. The van der Waals surface area contributed by atoms with Crippen LogP contribution in [0.1, 0.15) is 39.5 Å². The summed E-state index contributed by atoms with van der Waals surface area (Å²) in [6, 6.07) is 0. The normalized spacial score (nSPS) is 17.1. The smallest absolute Gasteiger partial charge is 0.324 e. The highest BCUT2D eigenvalue weighted by Crippen LogP contribution is 2.53. The van der Waals surface area contributed by atoms with E-state index in [1.807, 2.05) is 0 Å². The van der Waals surface area contributed by atoms with E-state index in [0.717, 1.165) is 0 Å². The van der Waals surface area contributed by atoms with Crippen LogP contribution in [0, 0.1) is 0 Å². The van der Waals surface area contributed by atoms with Crippen LogP contribution in [0.4, 0.5) is 0 Å². The lowest BCUT2D eigenvalue weighted by molar-refractivity contribution is 0.371. The lowest BCUT2D eigenvalue weighted by Crippen LogP contribution is -1.81. The summed E-state index contributed by atoms with van der Waals surface area (Å²) < 4.78 is 10.1. The lowest BCUT2D eigenvalue weighted by Gasteiger charge is -1.95. The van der Waals surface area contributed by atoms with Crippen molar-refractivity contribution in [1.82, 2.24) is 0 Å². The zero-order valence-electron chi connectivity index (χ0n) is 7.16. The van der Waals surface area contributed by atoms with E-state index in [1.165, 1.54) is 12.8 Å². The molecule has 4 heteroatoms. The zero-order chi connectivity index (χ0) is 8.91. The van der Waals surface area contributed by atoms with E-state index in [0.29, 0.717) is 12.8 Å². The van der Waals surface area contributed by atoms with Crippen LogP contribution in [0.2, 0.25) is 0 Å². The molecule has 0 aromatic carbocycles. The van der Waals surface area contributed by atoms with Crippen molar-refractivity contribution in [3.05, 3.63) is 0 Å². The standard InChI is InChI=1S/C4H10.C3H7O3P/c1-3-4-2;4-7(5,6)3-1-2-3/h3-4H2,1-2H3;3H,1-2H2,(H2,4,5,6). The van der Waals surface area contributed by atoms with E-state index in [2.05, 4.69) is 13.8 Å². The van der Waals surface area contributed by atoms with Crippen LogP contribution in [0.25, 0.3) is 0 Å². The van der Waals surface area contributed by atoms with E-state index < -0.39 is 7.60 Å². The van der Waals surface area contributed by atoms with Gasteiger partial charge >= 0.3 is 7.60 Å². The van der Waals surface area contributed by atoms with Gasteiger partial charge in [-0.1, -0.05) is 26.7 Å². The average Bonchev–Trinajstić information content (AvgIpc) is 2.67. The number of rotatable bonds is 2. The Morgan fingerprint density at radius 1 is 1.27 bits per heavy atom. The third kappa shape index (κ3) is 6.54. The molecule has 68 valence electrons. The molecular formula is C7H17O3P. The molecule has 2 N–H and O–H groups in total. The molecule has 0 unspecified atom stereocenters. The maximum Gasteiger partial charge on any atom is 0.328 e. The summed E-state index contributed by atoms with van der Waals surface area (Å²) in [5.41, 5.74) is -0.285. The molecule has 0 aromatic heterocycles. The quantitative estimate of drug-likeness (QED) is 0.640. The lowest BCUT2D eigenvalue weighted by atomic mass is 10.4. The van der Waals surface area contributed by atoms with Crippen molar-refractivity contribution in [3.63, 3.8) is 0 Å². The van der Waals surface area contributed by atoms with Crippen LogP contribution in [0.3, 0.4) is 0 Å². The Kier molecular flexibility index (Phi) is 4.98. The van der Waals surface area contributed by atoms with Gasteiger partial charge in [0.15, 0.2) is 0 Å². The predicted octanol–water partition coefficient (Wildman–Crippen LogP) is 2.13. The Bertz CT molecular complexity index is 135. The molecule has 0 heterocycles. The Hall–Kier alpha value is 0.150. The van der Waals surface area contributed by atoms with Crippen molar-refractivity contribution >= 4 is 7.60 Å². The summed E-state index contributed by atoms with van der Waals surface area (Å²) in [6.45, 7) is 4.36. The first kappa shape index (κ1) is 11.2. The highest BCUT2D eigenvalue weighted by atomic mass is 31.2. The van der Waals surface area contributed by atoms with Gasteiger partial charge in [0.05, 0.1) is 5.66 Å². The number of unbranched alkanes of at least 4 members (excludes halogenated alkanes) is 1. The summed E-state index contributed by atoms with van der Waals surface area (Å²) in [5.74, 6) is 0. The van der Waals surface area contributed by atoms with Gasteiger partial charge in [-0.2, -0.15) is 0 Å². The van der Waals surface area contributed by atoms with Gasteiger partial charge in [0.25, 0.3) is 0 Å². The van der Waals surface area contributed by atoms with E-state index in [-0.39, 0.29) is 5.66 Å². The average molecular weight is 180 g/mol. The van der Waals surface area contributed by atoms with Crippen LogP contribution in [0.15, 0.2) is 0 Å². The Morgan fingerprint density at radius 3 is 1.64 bits per heavy atom. The van der Waals surface area contributed by atoms with Crippen LogP contribution in [-0.4, -0.2) is 15.4 Å². The third-order valence-corrected chi connectivity index (χ3v) is 2.99. The minimum Gasteiger partial charge on any atom is -0.324 e. The second-order valence-corrected chi connectivity index (χ2v) is 4.73. The monoisotopic (exact) mass is 180 g/mol. The first-order valence-corrected chi connectivity index (χ1v) is 5.75. The highest BCUT2D eigenvalue weighted by Gasteiger charge is 2.38. The van der Waals surface area contributed by atoms with Gasteiger partial charge < -0.3 is 9.79 Å². The molecular weight excluding hydrogens is 163 g/mol. The molecule has 0 atom stereocenters. The summed E-state index contributed by atoms with van der Waals surface area (Å²) in [6.07, 6.45) is 4.06. The molecule has 11 heavy (non-hydrogen) atoms. The van der Waals surface area contributed by atoms with Gasteiger partial charge in [-0.3, -0.25) is 4.57 Å². The summed E-state index contributed by atoms with van der Waals surface area (Å²) in [4.78, 5) is 16.5. The van der Waals surface area contributed by atoms with E-state index in [1.54, 1.807) is 0 Å². The second kappa shape index (κ2) is 4.91. The van der Waals surface area contributed by atoms with Gasteiger partial charge in [0.2, 0.25) is 0 Å².